The summed E-state index contributed by atoms with van der Waals surface area (Å²) in [6, 6.07) is 14.4. The molecule has 2 heterocycles. The van der Waals surface area contributed by atoms with Crippen LogP contribution in [0.25, 0.3) is 0 Å². The van der Waals surface area contributed by atoms with E-state index >= 15 is 0 Å². The minimum atomic E-state index is -0.782. The first kappa shape index (κ1) is 19.5. The van der Waals surface area contributed by atoms with Crippen molar-refractivity contribution in [2.75, 3.05) is 10.6 Å². The molecule has 1 aliphatic rings. The Balaban J connectivity index is 1.53. The van der Waals surface area contributed by atoms with Crippen molar-refractivity contribution >= 4 is 46.8 Å². The van der Waals surface area contributed by atoms with Crippen molar-refractivity contribution in [1.82, 2.24) is 14.8 Å². The average molecular weight is 428 g/mol. The summed E-state index contributed by atoms with van der Waals surface area (Å²) in [5.74, 6) is 0.361. The highest BCUT2D eigenvalue weighted by molar-refractivity contribution is 7.98. The SMILES string of the molecule is Cc1ccc(Cl)cc1NC(=O)[C@@H]1CC(=O)Nc2nc(SCc3ccccc3)nn21. The standard InChI is InChI=1S/C20H18ClN5O2S/c1-12-7-8-14(21)9-15(12)22-18(28)16-10-17(27)23-19-24-20(25-26(16)19)29-11-13-5-3-2-4-6-13/h2-9,16H,10-11H2,1H3,(H,22,28)(H,23,24,25,27)/t16-/m0/s1. The number of hydrogen-bond acceptors (Lipinski definition) is 5. The number of hydrogen-bond donors (Lipinski definition) is 2. The summed E-state index contributed by atoms with van der Waals surface area (Å²) in [6.45, 7) is 1.87. The molecule has 0 saturated heterocycles. The molecule has 29 heavy (non-hydrogen) atoms. The summed E-state index contributed by atoms with van der Waals surface area (Å²) < 4.78 is 1.48. The molecule has 2 N–H and O–H groups in total. The maximum absolute atomic E-state index is 12.9. The monoisotopic (exact) mass is 427 g/mol. The largest absolute Gasteiger partial charge is 0.324 e. The molecule has 0 spiro atoms. The van der Waals surface area contributed by atoms with Gasteiger partial charge in [0, 0.05) is 16.5 Å². The molecule has 9 heteroatoms. The van der Waals surface area contributed by atoms with Gasteiger partial charge in [0.25, 0.3) is 0 Å². The number of fused-ring (bicyclic) bond motifs is 1. The van der Waals surface area contributed by atoms with E-state index in [9.17, 15) is 9.59 Å². The molecule has 0 radical (unpaired) electrons. The molecule has 1 atom stereocenters. The first-order valence-electron chi connectivity index (χ1n) is 9.00. The molecule has 1 aliphatic heterocycles. The lowest BCUT2D eigenvalue weighted by Crippen LogP contribution is -2.36. The smallest absolute Gasteiger partial charge is 0.249 e. The van der Waals surface area contributed by atoms with Gasteiger partial charge in [0.05, 0.1) is 6.42 Å². The molecule has 0 saturated carbocycles. The molecular weight excluding hydrogens is 410 g/mol. The number of nitrogens with one attached hydrogen (secondary N) is 2. The number of halogens is 1. The molecule has 0 aliphatic carbocycles. The van der Waals surface area contributed by atoms with Crippen LogP contribution in [0.2, 0.25) is 5.02 Å². The van der Waals surface area contributed by atoms with Crippen LogP contribution < -0.4 is 10.6 Å². The molecule has 0 unspecified atom stereocenters. The molecule has 2 aromatic carbocycles. The van der Waals surface area contributed by atoms with Gasteiger partial charge in [0.2, 0.25) is 22.9 Å². The third kappa shape index (κ3) is 4.44. The van der Waals surface area contributed by atoms with Crippen molar-refractivity contribution in [3.63, 3.8) is 0 Å². The lowest BCUT2D eigenvalue weighted by atomic mass is 10.1. The highest BCUT2D eigenvalue weighted by atomic mass is 35.5. The van der Waals surface area contributed by atoms with Crippen molar-refractivity contribution < 1.29 is 9.59 Å². The van der Waals surface area contributed by atoms with Gasteiger partial charge in [0.1, 0.15) is 6.04 Å². The van der Waals surface area contributed by atoms with E-state index in [4.69, 9.17) is 11.6 Å². The fourth-order valence-electron chi connectivity index (χ4n) is 2.98. The van der Waals surface area contributed by atoms with Gasteiger partial charge >= 0.3 is 0 Å². The molecule has 1 aromatic heterocycles. The third-order valence-electron chi connectivity index (χ3n) is 4.51. The van der Waals surface area contributed by atoms with E-state index in [2.05, 4.69) is 20.7 Å². The van der Waals surface area contributed by atoms with E-state index in [1.165, 1.54) is 16.4 Å². The molecule has 2 amide bonds. The van der Waals surface area contributed by atoms with Gasteiger partial charge in [-0.2, -0.15) is 4.98 Å². The summed E-state index contributed by atoms with van der Waals surface area (Å²) in [5.41, 5.74) is 2.62. The number of amides is 2. The minimum absolute atomic E-state index is 0.00933. The average Bonchev–Trinajstić information content (AvgIpc) is 3.12. The van der Waals surface area contributed by atoms with E-state index in [0.29, 0.717) is 21.6 Å². The Morgan fingerprint density at radius 1 is 1.31 bits per heavy atom. The maximum atomic E-state index is 12.9. The van der Waals surface area contributed by atoms with Crippen molar-refractivity contribution in [2.45, 2.75) is 30.3 Å². The van der Waals surface area contributed by atoms with E-state index in [1.807, 2.05) is 43.3 Å². The summed E-state index contributed by atoms with van der Waals surface area (Å²) in [5, 5.41) is 11.0. The van der Waals surface area contributed by atoms with Crippen LogP contribution in [0.1, 0.15) is 23.6 Å². The van der Waals surface area contributed by atoms with Crippen molar-refractivity contribution in [3.05, 3.63) is 64.7 Å². The summed E-state index contributed by atoms with van der Waals surface area (Å²) in [6.07, 6.45) is -0.00933. The van der Waals surface area contributed by atoms with Gasteiger partial charge in [-0.05, 0) is 30.2 Å². The van der Waals surface area contributed by atoms with Crippen molar-refractivity contribution in [2.24, 2.45) is 0 Å². The Kier molecular flexibility index (Phi) is 5.55. The van der Waals surface area contributed by atoms with Crippen LogP contribution in [0.15, 0.2) is 53.7 Å². The van der Waals surface area contributed by atoms with Gasteiger partial charge in [-0.3, -0.25) is 14.9 Å². The van der Waals surface area contributed by atoms with Crippen LogP contribution in [0.3, 0.4) is 0 Å². The van der Waals surface area contributed by atoms with Gasteiger partial charge < -0.3 is 5.32 Å². The van der Waals surface area contributed by atoms with Crippen molar-refractivity contribution in [1.29, 1.82) is 0 Å². The number of aromatic nitrogens is 3. The second kappa shape index (κ2) is 8.26. The van der Waals surface area contributed by atoms with Crippen LogP contribution in [0.5, 0.6) is 0 Å². The number of carbonyl (C=O) groups is 2. The first-order chi connectivity index (χ1) is 14.0. The zero-order chi connectivity index (χ0) is 20.4. The normalized spacial score (nSPS) is 15.5. The summed E-state index contributed by atoms with van der Waals surface area (Å²) in [4.78, 5) is 29.4. The Morgan fingerprint density at radius 2 is 2.10 bits per heavy atom. The molecule has 0 bridgehead atoms. The Morgan fingerprint density at radius 3 is 2.90 bits per heavy atom. The minimum Gasteiger partial charge on any atom is -0.324 e. The topological polar surface area (TPSA) is 88.9 Å². The quantitative estimate of drug-likeness (QED) is 0.599. The van der Waals surface area contributed by atoms with Crippen LogP contribution in [0, 0.1) is 6.92 Å². The van der Waals surface area contributed by atoms with Crippen LogP contribution >= 0.6 is 23.4 Å². The van der Waals surface area contributed by atoms with E-state index < -0.39 is 6.04 Å². The van der Waals surface area contributed by atoms with E-state index in [-0.39, 0.29) is 24.2 Å². The molecular formula is C20H18ClN5O2S. The summed E-state index contributed by atoms with van der Waals surface area (Å²) in [7, 11) is 0. The lowest BCUT2D eigenvalue weighted by Gasteiger charge is -2.22. The number of benzene rings is 2. The lowest BCUT2D eigenvalue weighted by molar-refractivity contribution is -0.125. The highest BCUT2D eigenvalue weighted by Gasteiger charge is 2.33. The Hall–Kier alpha value is -2.84. The zero-order valence-electron chi connectivity index (χ0n) is 15.6. The van der Waals surface area contributed by atoms with Crippen LogP contribution in [-0.4, -0.2) is 26.6 Å². The van der Waals surface area contributed by atoms with Gasteiger partial charge in [-0.25, -0.2) is 4.68 Å². The first-order valence-corrected chi connectivity index (χ1v) is 10.4. The Labute approximate surface area is 176 Å². The van der Waals surface area contributed by atoms with E-state index in [0.717, 1.165) is 11.1 Å². The number of carbonyl (C=O) groups excluding carboxylic acids is 2. The second-order valence-corrected chi connectivity index (χ2v) is 8.03. The summed E-state index contributed by atoms with van der Waals surface area (Å²) >= 11 is 7.48. The number of nitrogens with zero attached hydrogens (tertiary/aromatic N) is 3. The maximum Gasteiger partial charge on any atom is 0.249 e. The van der Waals surface area contributed by atoms with Gasteiger partial charge in [-0.1, -0.05) is 59.8 Å². The second-order valence-electron chi connectivity index (χ2n) is 6.65. The zero-order valence-corrected chi connectivity index (χ0v) is 17.1. The van der Waals surface area contributed by atoms with Gasteiger partial charge in [-0.15, -0.1) is 5.10 Å². The third-order valence-corrected chi connectivity index (χ3v) is 5.65. The molecule has 7 nitrogen and oxygen atoms in total. The number of aryl methyl sites for hydroxylation is 1. The molecule has 0 fully saturated rings. The fourth-order valence-corrected chi connectivity index (χ4v) is 3.93. The number of rotatable bonds is 5. The predicted octanol–water partition coefficient (Wildman–Crippen LogP) is 4.05. The van der Waals surface area contributed by atoms with Crippen LogP contribution in [-0.2, 0) is 15.3 Å². The highest BCUT2D eigenvalue weighted by Crippen LogP contribution is 2.29. The number of thioether (sulfide) groups is 1. The predicted molar refractivity (Wildman–Crippen MR) is 113 cm³/mol. The number of anilines is 2. The van der Waals surface area contributed by atoms with Crippen molar-refractivity contribution in [3.8, 4) is 0 Å². The molecule has 148 valence electrons. The fraction of sp³-hybridized carbons (Fsp3) is 0.200. The molecule has 4 rings (SSSR count). The van der Waals surface area contributed by atoms with E-state index in [1.54, 1.807) is 12.1 Å². The van der Waals surface area contributed by atoms with Crippen LogP contribution in [0.4, 0.5) is 11.6 Å². The Bertz CT molecular complexity index is 1070. The molecule has 3 aromatic rings. The van der Waals surface area contributed by atoms with Gasteiger partial charge in [0.15, 0.2) is 0 Å².